The van der Waals surface area contributed by atoms with E-state index in [1.54, 1.807) is 48.1 Å². The molecule has 1 N–H and O–H groups in total. The summed E-state index contributed by atoms with van der Waals surface area (Å²) in [6.07, 6.45) is 2.59. The van der Waals surface area contributed by atoms with Gasteiger partial charge in [-0.1, -0.05) is 12.1 Å². The smallest absolute Gasteiger partial charge is 0.265 e. The maximum Gasteiger partial charge on any atom is 0.265 e. The van der Waals surface area contributed by atoms with Crippen LogP contribution in [0.5, 0.6) is 5.75 Å². The van der Waals surface area contributed by atoms with E-state index in [2.05, 4.69) is 10.4 Å². The number of hydrogen-bond donors (Lipinski definition) is 1. The number of rotatable bonds is 4. The van der Waals surface area contributed by atoms with Crippen molar-refractivity contribution in [1.82, 2.24) is 9.61 Å². The Morgan fingerprint density at radius 1 is 1.32 bits per heavy atom. The van der Waals surface area contributed by atoms with Crippen molar-refractivity contribution < 1.29 is 13.9 Å². The Balaban J connectivity index is 1.69. The summed E-state index contributed by atoms with van der Waals surface area (Å²) in [5.74, 6) is -0.800. The Hall–Kier alpha value is -2.89. The van der Waals surface area contributed by atoms with Crippen LogP contribution in [-0.2, 0) is 4.79 Å². The van der Waals surface area contributed by atoms with Gasteiger partial charge in [0.25, 0.3) is 5.91 Å². The fourth-order valence-corrected chi connectivity index (χ4v) is 2.03. The summed E-state index contributed by atoms with van der Waals surface area (Å²) in [7, 11) is 0. The van der Waals surface area contributed by atoms with E-state index >= 15 is 0 Å². The minimum absolute atomic E-state index is 0.0522. The van der Waals surface area contributed by atoms with Crippen LogP contribution in [-0.4, -0.2) is 21.6 Å². The molecule has 5 nitrogen and oxygen atoms in total. The maximum atomic E-state index is 13.5. The minimum atomic E-state index is -0.821. The number of benzene rings is 1. The van der Waals surface area contributed by atoms with Gasteiger partial charge in [-0.15, -0.1) is 0 Å². The van der Waals surface area contributed by atoms with Gasteiger partial charge in [-0.3, -0.25) is 4.79 Å². The first-order valence-corrected chi connectivity index (χ1v) is 6.79. The Morgan fingerprint density at radius 2 is 2.14 bits per heavy atom. The molecule has 2 aromatic heterocycles. The number of amides is 1. The molecule has 0 aliphatic heterocycles. The molecule has 1 aromatic carbocycles. The van der Waals surface area contributed by atoms with Gasteiger partial charge >= 0.3 is 0 Å². The number of carbonyl (C=O) groups excluding carboxylic acids is 1. The number of ether oxygens (including phenoxy) is 1. The second kappa shape index (κ2) is 5.85. The van der Waals surface area contributed by atoms with Crippen LogP contribution in [0.4, 0.5) is 10.1 Å². The molecule has 1 unspecified atom stereocenters. The average molecular weight is 299 g/mol. The third-order valence-corrected chi connectivity index (χ3v) is 3.18. The van der Waals surface area contributed by atoms with Crippen LogP contribution in [0, 0.1) is 5.82 Å². The van der Waals surface area contributed by atoms with Gasteiger partial charge in [0.15, 0.2) is 17.7 Å². The van der Waals surface area contributed by atoms with Crippen LogP contribution in [0.15, 0.2) is 54.9 Å². The van der Waals surface area contributed by atoms with Crippen LogP contribution in [0.2, 0.25) is 0 Å². The molecule has 0 aliphatic carbocycles. The van der Waals surface area contributed by atoms with Crippen LogP contribution >= 0.6 is 0 Å². The zero-order valence-electron chi connectivity index (χ0n) is 11.9. The number of halogens is 1. The van der Waals surface area contributed by atoms with Gasteiger partial charge in [0.2, 0.25) is 0 Å². The monoisotopic (exact) mass is 299 g/mol. The number of pyridine rings is 1. The second-order valence-corrected chi connectivity index (χ2v) is 4.80. The molecule has 6 heteroatoms. The average Bonchev–Trinajstić information content (AvgIpc) is 2.97. The van der Waals surface area contributed by atoms with Gasteiger partial charge in [-0.25, -0.2) is 8.91 Å². The van der Waals surface area contributed by atoms with E-state index in [9.17, 15) is 9.18 Å². The molecule has 0 bridgehead atoms. The number of anilines is 1. The number of aromatic nitrogens is 2. The summed E-state index contributed by atoms with van der Waals surface area (Å²) in [4.78, 5) is 12.1. The zero-order chi connectivity index (χ0) is 15.5. The SMILES string of the molecule is CC(Oc1ccccc1F)C(=O)Nc1ccn2nccc2c1. The maximum absolute atomic E-state index is 13.5. The molecular weight excluding hydrogens is 285 g/mol. The van der Waals surface area contributed by atoms with Crippen molar-refractivity contribution >= 4 is 17.1 Å². The third kappa shape index (κ3) is 2.90. The molecule has 3 rings (SSSR count). The Morgan fingerprint density at radius 3 is 2.95 bits per heavy atom. The number of fused-ring (bicyclic) bond motifs is 1. The number of hydrogen-bond acceptors (Lipinski definition) is 3. The molecular formula is C16H14FN3O2. The number of para-hydroxylation sites is 1. The summed E-state index contributed by atoms with van der Waals surface area (Å²) in [6.45, 7) is 1.57. The normalized spacial score (nSPS) is 12.1. The predicted octanol–water partition coefficient (Wildman–Crippen LogP) is 2.88. The van der Waals surface area contributed by atoms with Crippen LogP contribution < -0.4 is 10.1 Å². The highest BCUT2D eigenvalue weighted by molar-refractivity contribution is 5.94. The first kappa shape index (κ1) is 14.1. The molecule has 112 valence electrons. The second-order valence-electron chi connectivity index (χ2n) is 4.80. The summed E-state index contributed by atoms with van der Waals surface area (Å²) in [5, 5.41) is 6.81. The Bertz CT molecular complexity index is 816. The van der Waals surface area contributed by atoms with Crippen molar-refractivity contribution in [3.63, 3.8) is 0 Å². The lowest BCUT2D eigenvalue weighted by Crippen LogP contribution is -2.30. The molecule has 0 fully saturated rings. The van der Waals surface area contributed by atoms with Crippen molar-refractivity contribution in [2.24, 2.45) is 0 Å². The van der Waals surface area contributed by atoms with Gasteiger partial charge in [0.1, 0.15) is 0 Å². The van der Waals surface area contributed by atoms with Crippen molar-refractivity contribution in [3.8, 4) is 5.75 Å². The summed E-state index contributed by atoms with van der Waals surface area (Å²) < 4.78 is 20.5. The predicted molar refractivity (Wildman–Crippen MR) is 80.3 cm³/mol. The molecule has 0 spiro atoms. The first-order chi connectivity index (χ1) is 10.6. The summed E-state index contributed by atoms with van der Waals surface area (Å²) in [6, 6.07) is 11.3. The summed E-state index contributed by atoms with van der Waals surface area (Å²) >= 11 is 0. The van der Waals surface area contributed by atoms with Crippen LogP contribution in [0.3, 0.4) is 0 Å². The van der Waals surface area contributed by atoms with Gasteiger partial charge in [0, 0.05) is 18.1 Å². The molecule has 1 amide bonds. The molecule has 0 radical (unpaired) electrons. The Kier molecular flexibility index (Phi) is 3.74. The van der Waals surface area contributed by atoms with Crippen molar-refractivity contribution in [3.05, 3.63) is 60.7 Å². The minimum Gasteiger partial charge on any atom is -0.478 e. The van der Waals surface area contributed by atoms with E-state index in [1.165, 1.54) is 12.1 Å². The molecule has 0 saturated carbocycles. The topological polar surface area (TPSA) is 55.6 Å². The zero-order valence-corrected chi connectivity index (χ0v) is 11.9. The third-order valence-electron chi connectivity index (χ3n) is 3.18. The molecule has 22 heavy (non-hydrogen) atoms. The fraction of sp³-hybridized carbons (Fsp3) is 0.125. The lowest BCUT2D eigenvalue weighted by atomic mass is 10.3. The molecule has 0 aliphatic rings. The van der Waals surface area contributed by atoms with Crippen molar-refractivity contribution in [2.45, 2.75) is 13.0 Å². The Labute approximate surface area is 126 Å². The van der Waals surface area contributed by atoms with E-state index < -0.39 is 11.9 Å². The fourth-order valence-electron chi connectivity index (χ4n) is 2.03. The first-order valence-electron chi connectivity index (χ1n) is 6.79. The van der Waals surface area contributed by atoms with Crippen molar-refractivity contribution in [1.29, 1.82) is 0 Å². The van der Waals surface area contributed by atoms with Gasteiger partial charge in [0.05, 0.1) is 5.52 Å². The number of nitrogens with one attached hydrogen (secondary N) is 1. The molecule has 2 heterocycles. The highest BCUT2D eigenvalue weighted by Gasteiger charge is 2.16. The van der Waals surface area contributed by atoms with E-state index in [0.717, 1.165) is 5.52 Å². The molecule has 3 aromatic rings. The largest absolute Gasteiger partial charge is 0.478 e. The highest BCUT2D eigenvalue weighted by atomic mass is 19.1. The summed E-state index contributed by atoms with van der Waals surface area (Å²) in [5.41, 5.74) is 1.49. The van der Waals surface area contributed by atoms with E-state index in [-0.39, 0.29) is 11.7 Å². The van der Waals surface area contributed by atoms with Gasteiger partial charge < -0.3 is 10.1 Å². The van der Waals surface area contributed by atoms with Gasteiger partial charge in [-0.2, -0.15) is 5.10 Å². The van der Waals surface area contributed by atoms with Crippen LogP contribution in [0.1, 0.15) is 6.92 Å². The van der Waals surface area contributed by atoms with Crippen molar-refractivity contribution in [2.75, 3.05) is 5.32 Å². The number of nitrogens with zero attached hydrogens (tertiary/aromatic N) is 2. The van der Waals surface area contributed by atoms with Crippen LogP contribution in [0.25, 0.3) is 5.52 Å². The molecule has 1 atom stereocenters. The standard InChI is InChI=1S/C16H14FN3O2/c1-11(22-15-5-3-2-4-14(15)17)16(21)19-12-7-9-20-13(10-12)6-8-18-20/h2-11H,1H3,(H,19,21). The molecule has 0 saturated heterocycles. The van der Waals surface area contributed by atoms with E-state index in [1.807, 2.05) is 6.07 Å². The van der Waals surface area contributed by atoms with Gasteiger partial charge in [-0.05, 0) is 37.3 Å². The lowest BCUT2D eigenvalue weighted by Gasteiger charge is -2.15. The van der Waals surface area contributed by atoms with E-state index in [0.29, 0.717) is 5.69 Å². The number of carbonyl (C=O) groups is 1. The highest BCUT2D eigenvalue weighted by Crippen LogP contribution is 2.18. The quantitative estimate of drug-likeness (QED) is 0.806. The lowest BCUT2D eigenvalue weighted by molar-refractivity contribution is -0.122. The van der Waals surface area contributed by atoms with E-state index in [4.69, 9.17) is 4.74 Å².